The molecule has 11 heteroatoms. The lowest BCUT2D eigenvalue weighted by Crippen LogP contribution is -2.29. The van der Waals surface area contributed by atoms with E-state index in [2.05, 4.69) is 26.7 Å². The van der Waals surface area contributed by atoms with E-state index in [1.165, 1.54) is 73.5 Å². The highest BCUT2D eigenvalue weighted by Gasteiger charge is 2.21. The Balaban J connectivity index is 1.44. The molecule has 0 aliphatic heterocycles. The smallest absolute Gasteiger partial charge is 0.280 e. The van der Waals surface area contributed by atoms with Crippen molar-refractivity contribution < 1.29 is 16.8 Å². The minimum atomic E-state index is -3.97. The van der Waals surface area contributed by atoms with Crippen LogP contribution in [0.2, 0.25) is 0 Å². The molecule has 1 saturated carbocycles. The summed E-state index contributed by atoms with van der Waals surface area (Å²) < 4.78 is 58.2. The van der Waals surface area contributed by atoms with Crippen LogP contribution in [0.25, 0.3) is 0 Å². The normalized spacial score (nSPS) is 15.8. The number of nitrogens with one attached hydrogen (secondary N) is 3. The molecule has 200 valence electrons. The standard InChI is InChI=1S/C26H35N5O4S2/c1-20(15-21-9-4-3-5-10-21)27-17-22-11-6-7-14-25(22)30-36(32,33)24-13-8-12-23(16-24)29-37(34,35)26-18-31(2)19-28-26/h6-8,11-14,16,18-21,27,29-30H,3-5,9-10,15,17H2,1-2H3/t20-/m0/s1. The van der Waals surface area contributed by atoms with Gasteiger partial charge in [-0.1, -0.05) is 56.4 Å². The Bertz CT molecular complexity index is 1410. The summed E-state index contributed by atoms with van der Waals surface area (Å²) in [5.74, 6) is 0.757. The molecule has 3 N–H and O–H groups in total. The van der Waals surface area contributed by atoms with Gasteiger partial charge in [0.25, 0.3) is 20.0 Å². The van der Waals surface area contributed by atoms with E-state index in [-0.39, 0.29) is 15.6 Å². The van der Waals surface area contributed by atoms with E-state index in [9.17, 15) is 16.8 Å². The topological polar surface area (TPSA) is 122 Å². The van der Waals surface area contributed by atoms with Crippen LogP contribution in [0.4, 0.5) is 11.4 Å². The molecule has 2 aromatic carbocycles. The summed E-state index contributed by atoms with van der Waals surface area (Å²) in [7, 11) is -6.26. The number of hydrogen-bond donors (Lipinski definition) is 3. The molecule has 1 aliphatic rings. The number of anilines is 2. The summed E-state index contributed by atoms with van der Waals surface area (Å²) in [6.45, 7) is 2.72. The summed E-state index contributed by atoms with van der Waals surface area (Å²) in [6.07, 6.45) is 10.4. The molecule has 0 saturated heterocycles. The third-order valence-corrected chi connectivity index (χ3v) is 9.30. The molecule has 0 spiro atoms. The average Bonchev–Trinajstić information content (AvgIpc) is 3.31. The highest BCUT2D eigenvalue weighted by Crippen LogP contribution is 2.28. The first-order valence-corrected chi connectivity index (χ1v) is 15.5. The van der Waals surface area contributed by atoms with E-state index in [1.807, 2.05) is 12.1 Å². The number of hydrogen-bond acceptors (Lipinski definition) is 6. The maximum Gasteiger partial charge on any atom is 0.280 e. The van der Waals surface area contributed by atoms with E-state index in [4.69, 9.17) is 0 Å². The molecular weight excluding hydrogens is 510 g/mol. The Morgan fingerprint density at radius 3 is 2.46 bits per heavy atom. The molecule has 3 aromatic rings. The first-order valence-electron chi connectivity index (χ1n) is 12.6. The first-order chi connectivity index (χ1) is 17.6. The summed E-state index contributed by atoms with van der Waals surface area (Å²) in [6, 6.07) is 13.3. The van der Waals surface area contributed by atoms with Gasteiger partial charge in [0.2, 0.25) is 0 Å². The van der Waals surface area contributed by atoms with Crippen LogP contribution in [0.5, 0.6) is 0 Å². The van der Waals surface area contributed by atoms with Crippen molar-refractivity contribution in [2.75, 3.05) is 9.44 Å². The lowest BCUT2D eigenvalue weighted by molar-refractivity contribution is 0.305. The van der Waals surface area contributed by atoms with Gasteiger partial charge in [-0.3, -0.25) is 9.44 Å². The SMILES string of the molecule is C[C@@H](CC1CCCCC1)NCc1ccccc1NS(=O)(=O)c1cccc(NS(=O)(=O)c2cn(C)cn2)c1. The van der Waals surface area contributed by atoms with E-state index in [0.717, 1.165) is 17.9 Å². The summed E-state index contributed by atoms with van der Waals surface area (Å²) in [5.41, 5.74) is 1.45. The van der Waals surface area contributed by atoms with Crippen LogP contribution in [0.1, 0.15) is 51.0 Å². The van der Waals surface area contributed by atoms with Crippen LogP contribution in [-0.2, 0) is 33.6 Å². The minimum absolute atomic E-state index is 0.0536. The lowest BCUT2D eigenvalue weighted by Gasteiger charge is -2.25. The van der Waals surface area contributed by atoms with Crippen molar-refractivity contribution in [3.05, 3.63) is 66.6 Å². The fraction of sp³-hybridized carbons (Fsp3) is 0.423. The molecular formula is C26H35N5O4S2. The maximum absolute atomic E-state index is 13.2. The monoisotopic (exact) mass is 545 g/mol. The van der Waals surface area contributed by atoms with Crippen LogP contribution in [0.3, 0.4) is 0 Å². The van der Waals surface area contributed by atoms with Crippen molar-refractivity contribution >= 4 is 31.4 Å². The number of imidazole rings is 1. The van der Waals surface area contributed by atoms with Gasteiger partial charge in [0.1, 0.15) is 0 Å². The van der Waals surface area contributed by atoms with Gasteiger partial charge in [-0.2, -0.15) is 8.42 Å². The highest BCUT2D eigenvalue weighted by molar-refractivity contribution is 7.93. The number of nitrogens with zero attached hydrogens (tertiary/aromatic N) is 2. The number of rotatable bonds is 11. The van der Waals surface area contributed by atoms with Crippen LogP contribution in [-0.4, -0.2) is 32.4 Å². The Morgan fingerprint density at radius 1 is 0.973 bits per heavy atom. The molecule has 37 heavy (non-hydrogen) atoms. The van der Waals surface area contributed by atoms with Crippen molar-refractivity contribution in [1.29, 1.82) is 0 Å². The Kier molecular flexibility index (Phi) is 8.56. The van der Waals surface area contributed by atoms with Gasteiger partial charge < -0.3 is 9.88 Å². The second-order valence-corrected chi connectivity index (χ2v) is 13.1. The minimum Gasteiger partial charge on any atom is -0.339 e. The van der Waals surface area contributed by atoms with Crippen molar-refractivity contribution in [2.45, 2.75) is 68.0 Å². The number of aromatic nitrogens is 2. The zero-order valence-electron chi connectivity index (χ0n) is 21.2. The predicted molar refractivity (Wildman–Crippen MR) is 145 cm³/mol. The second-order valence-electron chi connectivity index (χ2n) is 9.80. The van der Waals surface area contributed by atoms with Gasteiger partial charge >= 0.3 is 0 Å². The molecule has 4 rings (SSSR count). The summed E-state index contributed by atoms with van der Waals surface area (Å²) >= 11 is 0. The van der Waals surface area contributed by atoms with Crippen LogP contribution < -0.4 is 14.8 Å². The molecule has 9 nitrogen and oxygen atoms in total. The molecule has 0 bridgehead atoms. The zero-order chi connectivity index (χ0) is 26.5. The maximum atomic E-state index is 13.2. The molecule has 0 amide bonds. The second kappa shape index (κ2) is 11.7. The van der Waals surface area contributed by atoms with E-state index >= 15 is 0 Å². The highest BCUT2D eigenvalue weighted by atomic mass is 32.2. The number of sulfonamides is 2. The quantitative estimate of drug-likeness (QED) is 0.327. The fourth-order valence-corrected chi connectivity index (χ4v) is 6.91. The zero-order valence-corrected chi connectivity index (χ0v) is 22.9. The molecule has 1 heterocycles. The van der Waals surface area contributed by atoms with Gasteiger partial charge in [0, 0.05) is 25.8 Å². The predicted octanol–water partition coefficient (Wildman–Crippen LogP) is 4.47. The van der Waals surface area contributed by atoms with Gasteiger partial charge in [0.05, 0.1) is 22.6 Å². The number of benzene rings is 2. The number of para-hydroxylation sites is 1. The van der Waals surface area contributed by atoms with E-state index in [0.29, 0.717) is 18.3 Å². The van der Waals surface area contributed by atoms with Crippen LogP contribution in [0.15, 0.2) is 71.0 Å². The molecule has 1 fully saturated rings. The van der Waals surface area contributed by atoms with Gasteiger partial charge in [-0.25, -0.2) is 13.4 Å². The molecule has 1 aromatic heterocycles. The van der Waals surface area contributed by atoms with Crippen molar-refractivity contribution in [1.82, 2.24) is 14.9 Å². The molecule has 1 atom stereocenters. The largest absolute Gasteiger partial charge is 0.339 e. The fourth-order valence-electron chi connectivity index (χ4n) is 4.73. The molecule has 1 aliphatic carbocycles. The van der Waals surface area contributed by atoms with Crippen LogP contribution >= 0.6 is 0 Å². The summed E-state index contributed by atoms with van der Waals surface area (Å²) in [4.78, 5) is 3.81. The van der Waals surface area contributed by atoms with Gasteiger partial charge in [0.15, 0.2) is 5.03 Å². The summed E-state index contributed by atoms with van der Waals surface area (Å²) in [5, 5.41) is 3.39. The van der Waals surface area contributed by atoms with Crippen molar-refractivity contribution in [3.8, 4) is 0 Å². The van der Waals surface area contributed by atoms with Gasteiger partial charge in [-0.05, 0) is 49.1 Å². The lowest BCUT2D eigenvalue weighted by atomic mass is 9.85. The van der Waals surface area contributed by atoms with Gasteiger partial charge in [-0.15, -0.1) is 0 Å². The van der Waals surface area contributed by atoms with E-state index in [1.54, 1.807) is 19.2 Å². The molecule has 0 radical (unpaired) electrons. The van der Waals surface area contributed by atoms with Crippen molar-refractivity contribution in [3.63, 3.8) is 0 Å². The third-order valence-electron chi connectivity index (χ3n) is 6.67. The Hall–Kier alpha value is -2.89. The molecule has 0 unspecified atom stereocenters. The Morgan fingerprint density at radius 2 is 1.73 bits per heavy atom. The van der Waals surface area contributed by atoms with Crippen molar-refractivity contribution in [2.24, 2.45) is 13.0 Å². The number of aryl methyl sites for hydroxylation is 1. The first kappa shape index (κ1) is 27.2. The van der Waals surface area contributed by atoms with E-state index < -0.39 is 20.0 Å². The average molecular weight is 546 g/mol. The van der Waals surface area contributed by atoms with Crippen LogP contribution in [0, 0.1) is 5.92 Å². The Labute approximate surface area is 219 Å². The third kappa shape index (κ3) is 7.33.